The molecular formula is C20H20N4O. The Morgan fingerprint density at radius 2 is 1.56 bits per heavy atom. The molecular weight excluding hydrogens is 312 g/mol. The number of piperazine rings is 1. The van der Waals surface area contributed by atoms with Gasteiger partial charge in [0.15, 0.2) is 0 Å². The van der Waals surface area contributed by atoms with E-state index in [1.165, 1.54) is 0 Å². The van der Waals surface area contributed by atoms with E-state index in [1.807, 2.05) is 41.3 Å². The van der Waals surface area contributed by atoms with Crippen molar-refractivity contribution in [1.29, 1.82) is 0 Å². The Balaban J connectivity index is 1.75. The fraction of sp³-hybridized carbons (Fsp3) is 0.250. The maximum atomic E-state index is 11.5. The molecule has 2 aromatic carbocycles. The normalized spacial score (nSPS) is 14.8. The van der Waals surface area contributed by atoms with Crippen LogP contribution in [0.1, 0.15) is 6.92 Å². The largest absolute Gasteiger partial charge is 0.339 e. The van der Waals surface area contributed by atoms with Gasteiger partial charge >= 0.3 is 0 Å². The van der Waals surface area contributed by atoms with Crippen molar-refractivity contribution < 1.29 is 4.79 Å². The molecule has 2 heterocycles. The van der Waals surface area contributed by atoms with Crippen LogP contribution in [0.3, 0.4) is 0 Å². The van der Waals surface area contributed by atoms with E-state index in [1.54, 1.807) is 6.92 Å². The van der Waals surface area contributed by atoms with Gasteiger partial charge in [0, 0.05) is 44.1 Å². The number of nitrogens with zero attached hydrogens (tertiary/aromatic N) is 4. The van der Waals surface area contributed by atoms with Gasteiger partial charge in [0.05, 0.1) is 11.2 Å². The quantitative estimate of drug-likeness (QED) is 0.724. The molecule has 1 saturated heterocycles. The summed E-state index contributed by atoms with van der Waals surface area (Å²) in [5.74, 6) is 0.866. The summed E-state index contributed by atoms with van der Waals surface area (Å²) in [5.41, 5.74) is 2.99. The van der Waals surface area contributed by atoms with Crippen molar-refractivity contribution in [3.05, 3.63) is 54.6 Å². The molecule has 1 fully saturated rings. The van der Waals surface area contributed by atoms with Crippen molar-refractivity contribution in [1.82, 2.24) is 14.9 Å². The van der Waals surface area contributed by atoms with Crippen molar-refractivity contribution in [3.8, 4) is 11.3 Å². The van der Waals surface area contributed by atoms with Gasteiger partial charge in [0.2, 0.25) is 11.9 Å². The molecule has 0 aliphatic carbocycles. The molecule has 0 unspecified atom stereocenters. The monoisotopic (exact) mass is 332 g/mol. The number of anilines is 1. The molecule has 5 nitrogen and oxygen atoms in total. The lowest BCUT2D eigenvalue weighted by molar-refractivity contribution is -0.129. The third kappa shape index (κ3) is 3.05. The van der Waals surface area contributed by atoms with Gasteiger partial charge in [-0.15, -0.1) is 0 Å². The minimum absolute atomic E-state index is 0.129. The van der Waals surface area contributed by atoms with Gasteiger partial charge in [-0.05, 0) is 6.07 Å². The van der Waals surface area contributed by atoms with Gasteiger partial charge in [-0.1, -0.05) is 48.5 Å². The molecule has 5 heteroatoms. The molecule has 1 amide bonds. The van der Waals surface area contributed by atoms with Crippen LogP contribution in [0.25, 0.3) is 22.2 Å². The highest BCUT2D eigenvalue weighted by molar-refractivity contribution is 5.93. The molecule has 0 radical (unpaired) electrons. The number of aromatic nitrogens is 2. The number of hydrogen-bond donors (Lipinski definition) is 0. The van der Waals surface area contributed by atoms with Crippen LogP contribution in [-0.4, -0.2) is 47.0 Å². The maximum absolute atomic E-state index is 11.5. The zero-order valence-corrected chi connectivity index (χ0v) is 14.2. The van der Waals surface area contributed by atoms with E-state index >= 15 is 0 Å². The van der Waals surface area contributed by atoms with Crippen LogP contribution in [0.15, 0.2) is 54.6 Å². The van der Waals surface area contributed by atoms with Gasteiger partial charge in [0.1, 0.15) is 0 Å². The second-order valence-electron chi connectivity index (χ2n) is 6.25. The lowest BCUT2D eigenvalue weighted by Crippen LogP contribution is -2.48. The van der Waals surface area contributed by atoms with Crippen LogP contribution in [0.4, 0.5) is 5.95 Å². The highest BCUT2D eigenvalue weighted by atomic mass is 16.2. The average molecular weight is 332 g/mol. The van der Waals surface area contributed by atoms with Gasteiger partial charge in [-0.25, -0.2) is 9.97 Å². The van der Waals surface area contributed by atoms with Crippen molar-refractivity contribution in [2.24, 2.45) is 0 Å². The summed E-state index contributed by atoms with van der Waals surface area (Å²) >= 11 is 0. The van der Waals surface area contributed by atoms with E-state index in [2.05, 4.69) is 23.1 Å². The zero-order valence-electron chi connectivity index (χ0n) is 14.2. The second kappa shape index (κ2) is 6.51. The van der Waals surface area contributed by atoms with Crippen molar-refractivity contribution in [2.75, 3.05) is 31.1 Å². The number of benzene rings is 2. The fourth-order valence-electron chi connectivity index (χ4n) is 3.24. The smallest absolute Gasteiger partial charge is 0.226 e. The van der Waals surface area contributed by atoms with Crippen LogP contribution < -0.4 is 4.90 Å². The van der Waals surface area contributed by atoms with E-state index in [-0.39, 0.29) is 5.91 Å². The minimum atomic E-state index is 0.129. The lowest BCUT2D eigenvalue weighted by Gasteiger charge is -2.34. The number of carbonyl (C=O) groups excluding carboxylic acids is 1. The summed E-state index contributed by atoms with van der Waals surface area (Å²) in [5, 5.41) is 1.06. The third-order valence-electron chi connectivity index (χ3n) is 4.65. The van der Waals surface area contributed by atoms with Gasteiger partial charge in [-0.2, -0.15) is 0 Å². The highest BCUT2D eigenvalue weighted by Crippen LogP contribution is 2.28. The fourth-order valence-corrected chi connectivity index (χ4v) is 3.24. The van der Waals surface area contributed by atoms with Crippen LogP contribution in [0, 0.1) is 0 Å². The molecule has 4 rings (SSSR count). The SMILES string of the molecule is CC(=O)N1CCN(c2nc(-c3ccccc3)c3ccccc3n2)CC1. The molecule has 0 bridgehead atoms. The maximum Gasteiger partial charge on any atom is 0.226 e. The van der Waals surface area contributed by atoms with Crippen LogP contribution in [0.2, 0.25) is 0 Å². The summed E-state index contributed by atoms with van der Waals surface area (Å²) in [6.07, 6.45) is 0. The number of fused-ring (bicyclic) bond motifs is 1. The molecule has 126 valence electrons. The van der Waals surface area contributed by atoms with Crippen LogP contribution in [0.5, 0.6) is 0 Å². The predicted octanol–water partition coefficient (Wildman–Crippen LogP) is 2.97. The Bertz CT molecular complexity index is 902. The summed E-state index contributed by atoms with van der Waals surface area (Å²) in [4.78, 5) is 25.2. The molecule has 25 heavy (non-hydrogen) atoms. The number of amides is 1. The molecule has 1 aliphatic heterocycles. The Labute approximate surface area is 146 Å². The third-order valence-corrected chi connectivity index (χ3v) is 4.65. The van der Waals surface area contributed by atoms with Crippen LogP contribution in [-0.2, 0) is 4.79 Å². The first-order valence-corrected chi connectivity index (χ1v) is 8.55. The average Bonchev–Trinajstić information content (AvgIpc) is 2.68. The first-order valence-electron chi connectivity index (χ1n) is 8.55. The highest BCUT2D eigenvalue weighted by Gasteiger charge is 2.21. The Hall–Kier alpha value is -2.95. The number of para-hydroxylation sites is 1. The summed E-state index contributed by atoms with van der Waals surface area (Å²) in [6.45, 7) is 4.56. The van der Waals surface area contributed by atoms with E-state index in [0.717, 1.165) is 41.2 Å². The number of hydrogen-bond acceptors (Lipinski definition) is 4. The molecule has 0 atom stereocenters. The first-order chi connectivity index (χ1) is 12.2. The molecule has 0 N–H and O–H groups in total. The molecule has 3 aromatic rings. The Kier molecular flexibility index (Phi) is 4.06. The standard InChI is InChI=1S/C20H20N4O/c1-15(25)23-11-13-24(14-12-23)20-21-18-10-6-5-9-17(18)19(22-20)16-7-3-2-4-8-16/h2-10H,11-14H2,1H3. The Morgan fingerprint density at radius 1 is 0.880 bits per heavy atom. The molecule has 0 spiro atoms. The summed E-state index contributed by atoms with van der Waals surface area (Å²) in [6, 6.07) is 18.3. The van der Waals surface area contributed by atoms with Gasteiger partial charge in [-0.3, -0.25) is 4.79 Å². The number of rotatable bonds is 2. The molecule has 0 saturated carbocycles. The van der Waals surface area contributed by atoms with Crippen molar-refractivity contribution in [2.45, 2.75) is 6.92 Å². The zero-order chi connectivity index (χ0) is 17.2. The van der Waals surface area contributed by atoms with E-state index in [4.69, 9.17) is 9.97 Å². The minimum Gasteiger partial charge on any atom is -0.339 e. The lowest BCUT2D eigenvalue weighted by atomic mass is 10.1. The predicted molar refractivity (Wildman–Crippen MR) is 99.4 cm³/mol. The van der Waals surface area contributed by atoms with Gasteiger partial charge < -0.3 is 9.80 Å². The second-order valence-corrected chi connectivity index (χ2v) is 6.25. The van der Waals surface area contributed by atoms with E-state index in [9.17, 15) is 4.79 Å². The van der Waals surface area contributed by atoms with Crippen molar-refractivity contribution in [3.63, 3.8) is 0 Å². The van der Waals surface area contributed by atoms with E-state index in [0.29, 0.717) is 13.1 Å². The first kappa shape index (κ1) is 15.6. The van der Waals surface area contributed by atoms with Crippen LogP contribution >= 0.6 is 0 Å². The Morgan fingerprint density at radius 3 is 2.28 bits per heavy atom. The van der Waals surface area contributed by atoms with Crippen molar-refractivity contribution >= 4 is 22.8 Å². The summed E-state index contributed by atoms with van der Waals surface area (Å²) < 4.78 is 0. The molecule has 1 aliphatic rings. The van der Waals surface area contributed by atoms with E-state index < -0.39 is 0 Å². The molecule has 1 aromatic heterocycles. The topological polar surface area (TPSA) is 49.3 Å². The summed E-state index contributed by atoms with van der Waals surface area (Å²) in [7, 11) is 0. The van der Waals surface area contributed by atoms with Gasteiger partial charge in [0.25, 0.3) is 0 Å². The number of carbonyl (C=O) groups is 1.